The van der Waals surface area contributed by atoms with E-state index in [-0.39, 0.29) is 0 Å². The van der Waals surface area contributed by atoms with Crippen LogP contribution >= 0.6 is 0 Å². The summed E-state index contributed by atoms with van der Waals surface area (Å²) in [4.78, 5) is 2.40. The summed E-state index contributed by atoms with van der Waals surface area (Å²) in [5.41, 5.74) is 0. The number of hydrogen-bond donors (Lipinski definition) is 1. The molecule has 3 nitrogen and oxygen atoms in total. The Bertz CT molecular complexity index is 130. The smallest absolute Gasteiger partial charge is 0.0594 e. The highest BCUT2D eigenvalue weighted by Crippen LogP contribution is 1.95. The van der Waals surface area contributed by atoms with Gasteiger partial charge in [0.1, 0.15) is 0 Å². The molecule has 0 amide bonds. The van der Waals surface area contributed by atoms with Gasteiger partial charge in [0.25, 0.3) is 0 Å². The van der Waals surface area contributed by atoms with Gasteiger partial charge >= 0.3 is 0 Å². The Morgan fingerprint density at radius 1 is 1.33 bits per heavy atom. The van der Waals surface area contributed by atoms with E-state index in [4.69, 9.17) is 4.74 Å². The normalized spacial score (nSPS) is 20.4. The van der Waals surface area contributed by atoms with E-state index in [2.05, 4.69) is 22.4 Å². The molecule has 0 unspecified atom stereocenters. The first-order chi connectivity index (χ1) is 5.93. The number of rotatable bonds is 4. The van der Waals surface area contributed by atoms with Gasteiger partial charge in [0.05, 0.1) is 13.2 Å². The van der Waals surface area contributed by atoms with Crippen LogP contribution in [0.1, 0.15) is 0 Å². The fraction of sp³-hybridized carbons (Fsp3) is 0.778. The molecule has 12 heavy (non-hydrogen) atoms. The van der Waals surface area contributed by atoms with Crippen molar-refractivity contribution in [2.24, 2.45) is 0 Å². The number of ether oxygens (including phenoxy) is 1. The molecule has 70 valence electrons. The van der Waals surface area contributed by atoms with Crippen molar-refractivity contribution in [3.63, 3.8) is 0 Å². The molecule has 1 fully saturated rings. The highest BCUT2D eigenvalue weighted by molar-refractivity contribution is 4.86. The molecular formula is C9H18N2O. The summed E-state index contributed by atoms with van der Waals surface area (Å²) in [6.07, 6.45) is 4.37. The van der Waals surface area contributed by atoms with E-state index in [9.17, 15) is 0 Å². The van der Waals surface area contributed by atoms with Crippen LogP contribution in [0.2, 0.25) is 0 Å². The Kier molecular flexibility index (Phi) is 4.99. The lowest BCUT2D eigenvalue weighted by Gasteiger charge is -2.25. The van der Waals surface area contributed by atoms with Gasteiger partial charge in [-0.2, -0.15) is 0 Å². The summed E-state index contributed by atoms with van der Waals surface area (Å²) in [6, 6.07) is 0. The van der Waals surface area contributed by atoms with E-state index in [1.54, 1.807) is 0 Å². The highest BCUT2D eigenvalue weighted by atomic mass is 16.5. The van der Waals surface area contributed by atoms with E-state index >= 15 is 0 Å². The Labute approximate surface area is 74.4 Å². The zero-order chi connectivity index (χ0) is 8.65. The average Bonchev–Trinajstić information content (AvgIpc) is 2.14. The van der Waals surface area contributed by atoms with Gasteiger partial charge in [-0.1, -0.05) is 12.2 Å². The topological polar surface area (TPSA) is 24.5 Å². The van der Waals surface area contributed by atoms with Crippen LogP contribution in [0.4, 0.5) is 0 Å². The van der Waals surface area contributed by atoms with Crippen molar-refractivity contribution in [3.05, 3.63) is 12.2 Å². The fourth-order valence-electron chi connectivity index (χ4n) is 1.21. The third-order valence-electron chi connectivity index (χ3n) is 1.96. The molecule has 0 spiro atoms. The van der Waals surface area contributed by atoms with Crippen molar-refractivity contribution < 1.29 is 4.74 Å². The molecule has 1 rings (SSSR count). The Morgan fingerprint density at radius 3 is 2.75 bits per heavy atom. The van der Waals surface area contributed by atoms with E-state index in [1.807, 2.05) is 7.05 Å². The predicted molar refractivity (Wildman–Crippen MR) is 50.3 cm³/mol. The first-order valence-electron chi connectivity index (χ1n) is 4.53. The van der Waals surface area contributed by atoms with E-state index in [0.29, 0.717) is 0 Å². The Hall–Kier alpha value is -0.380. The summed E-state index contributed by atoms with van der Waals surface area (Å²) in [5, 5.41) is 3.08. The van der Waals surface area contributed by atoms with Gasteiger partial charge in [-0.05, 0) is 7.05 Å². The minimum atomic E-state index is 0.889. The van der Waals surface area contributed by atoms with Crippen LogP contribution in [0.3, 0.4) is 0 Å². The van der Waals surface area contributed by atoms with E-state index in [0.717, 1.165) is 39.4 Å². The molecule has 0 saturated carbocycles. The van der Waals surface area contributed by atoms with Gasteiger partial charge in [-0.3, -0.25) is 4.90 Å². The van der Waals surface area contributed by atoms with Crippen LogP contribution in [-0.2, 0) is 4.74 Å². The standard InChI is InChI=1S/C9H18N2O/c1-10-4-2-3-5-11-6-8-12-9-7-11/h2-3,10H,4-9H2,1H3/b3-2-. The predicted octanol–water partition coefficient (Wildman–Crippen LogP) is 0.0942. The first kappa shape index (κ1) is 9.71. The summed E-state index contributed by atoms with van der Waals surface area (Å²) in [5.74, 6) is 0. The largest absolute Gasteiger partial charge is 0.379 e. The quantitative estimate of drug-likeness (QED) is 0.605. The second kappa shape index (κ2) is 6.17. The molecule has 0 aromatic heterocycles. The molecule has 0 aromatic carbocycles. The molecule has 1 N–H and O–H groups in total. The van der Waals surface area contributed by atoms with Gasteiger partial charge in [0.15, 0.2) is 0 Å². The van der Waals surface area contributed by atoms with Crippen LogP contribution in [0.25, 0.3) is 0 Å². The lowest BCUT2D eigenvalue weighted by molar-refractivity contribution is 0.0434. The zero-order valence-corrected chi connectivity index (χ0v) is 7.75. The van der Waals surface area contributed by atoms with Crippen molar-refractivity contribution in [3.8, 4) is 0 Å². The summed E-state index contributed by atoms with van der Waals surface area (Å²) < 4.78 is 5.25. The minimum absolute atomic E-state index is 0.889. The molecule has 1 aliphatic heterocycles. The SMILES string of the molecule is CNC/C=C\CN1CCOCC1. The van der Waals surface area contributed by atoms with Gasteiger partial charge in [0.2, 0.25) is 0 Å². The molecule has 3 heteroatoms. The van der Waals surface area contributed by atoms with Gasteiger partial charge in [-0.15, -0.1) is 0 Å². The molecule has 1 heterocycles. The van der Waals surface area contributed by atoms with Crippen molar-refractivity contribution in [1.29, 1.82) is 0 Å². The molecule has 0 aliphatic carbocycles. The summed E-state index contributed by atoms with van der Waals surface area (Å²) in [6.45, 7) is 5.95. The molecule has 1 aliphatic rings. The van der Waals surface area contributed by atoms with Gasteiger partial charge in [-0.25, -0.2) is 0 Å². The molecule has 0 bridgehead atoms. The molecule has 0 radical (unpaired) electrons. The highest BCUT2D eigenvalue weighted by Gasteiger charge is 2.06. The number of hydrogen-bond acceptors (Lipinski definition) is 3. The van der Waals surface area contributed by atoms with Crippen LogP contribution < -0.4 is 5.32 Å². The third-order valence-corrected chi connectivity index (χ3v) is 1.96. The molecule has 0 atom stereocenters. The van der Waals surface area contributed by atoms with Crippen LogP contribution in [0.15, 0.2) is 12.2 Å². The van der Waals surface area contributed by atoms with Crippen molar-refractivity contribution in [2.45, 2.75) is 0 Å². The fourth-order valence-corrected chi connectivity index (χ4v) is 1.21. The molecule has 0 aromatic rings. The van der Waals surface area contributed by atoms with Gasteiger partial charge in [0, 0.05) is 26.2 Å². The van der Waals surface area contributed by atoms with Crippen molar-refractivity contribution in [2.75, 3.05) is 46.4 Å². The van der Waals surface area contributed by atoms with E-state index in [1.165, 1.54) is 0 Å². The van der Waals surface area contributed by atoms with Crippen LogP contribution in [0, 0.1) is 0 Å². The van der Waals surface area contributed by atoms with Crippen molar-refractivity contribution in [1.82, 2.24) is 10.2 Å². The van der Waals surface area contributed by atoms with Crippen LogP contribution in [0.5, 0.6) is 0 Å². The lowest BCUT2D eigenvalue weighted by atomic mass is 10.4. The molecular weight excluding hydrogens is 152 g/mol. The van der Waals surface area contributed by atoms with Crippen LogP contribution in [-0.4, -0.2) is 51.3 Å². The zero-order valence-electron chi connectivity index (χ0n) is 7.75. The number of nitrogens with one attached hydrogen (secondary N) is 1. The lowest BCUT2D eigenvalue weighted by Crippen LogP contribution is -2.36. The average molecular weight is 170 g/mol. The summed E-state index contributed by atoms with van der Waals surface area (Å²) in [7, 11) is 1.96. The maximum Gasteiger partial charge on any atom is 0.0594 e. The monoisotopic (exact) mass is 170 g/mol. The molecule has 1 saturated heterocycles. The number of nitrogens with zero attached hydrogens (tertiary/aromatic N) is 1. The Morgan fingerprint density at radius 2 is 2.08 bits per heavy atom. The second-order valence-corrected chi connectivity index (χ2v) is 2.94. The van der Waals surface area contributed by atoms with E-state index < -0.39 is 0 Å². The second-order valence-electron chi connectivity index (χ2n) is 2.94. The minimum Gasteiger partial charge on any atom is -0.379 e. The Balaban J connectivity index is 2.04. The number of likely N-dealkylation sites (N-methyl/N-ethyl adjacent to an activating group) is 1. The van der Waals surface area contributed by atoms with Crippen molar-refractivity contribution >= 4 is 0 Å². The third kappa shape index (κ3) is 3.85. The first-order valence-corrected chi connectivity index (χ1v) is 4.53. The summed E-state index contributed by atoms with van der Waals surface area (Å²) >= 11 is 0. The maximum absolute atomic E-state index is 5.25. The van der Waals surface area contributed by atoms with Gasteiger partial charge < -0.3 is 10.1 Å². The number of morpholine rings is 1. The maximum atomic E-state index is 5.25.